The molecule has 0 saturated heterocycles. The second-order valence-corrected chi connectivity index (χ2v) is 6.46. The van der Waals surface area contributed by atoms with Gasteiger partial charge in [0.05, 0.1) is 0 Å². The number of carbonyl (C=O) groups is 1. The second kappa shape index (κ2) is 11.5. The highest BCUT2D eigenvalue weighted by molar-refractivity contribution is 5.81. The standard InChI is InChI=1S/C16H14O.C8H14O2/c17-16-12-10-15(11-13-16)9-5-4-8-14-6-2-1-3-7-14;1-5-7(9)10-8(3,4)6-2/h1-13,17H;5H,1,6H2,2-4H3. The van der Waals surface area contributed by atoms with Crippen molar-refractivity contribution in [2.45, 2.75) is 32.8 Å². The van der Waals surface area contributed by atoms with Crippen LogP contribution in [0.4, 0.5) is 0 Å². The molecule has 0 aliphatic heterocycles. The molecule has 0 heterocycles. The lowest BCUT2D eigenvalue weighted by Gasteiger charge is -2.21. The van der Waals surface area contributed by atoms with E-state index in [-0.39, 0.29) is 11.6 Å². The highest BCUT2D eigenvalue weighted by Crippen LogP contribution is 2.13. The average Bonchev–Trinajstić information content (AvgIpc) is 2.67. The van der Waals surface area contributed by atoms with Crippen molar-refractivity contribution in [3.05, 3.63) is 90.5 Å². The van der Waals surface area contributed by atoms with Gasteiger partial charge in [-0.25, -0.2) is 4.79 Å². The van der Waals surface area contributed by atoms with Crippen LogP contribution in [-0.2, 0) is 9.53 Å². The number of esters is 1. The first-order chi connectivity index (χ1) is 12.9. The van der Waals surface area contributed by atoms with Gasteiger partial charge in [-0.05, 0) is 43.5 Å². The first-order valence-electron chi connectivity index (χ1n) is 8.90. The lowest BCUT2D eigenvalue weighted by atomic mass is 10.1. The highest BCUT2D eigenvalue weighted by Gasteiger charge is 2.18. The molecule has 3 nitrogen and oxygen atoms in total. The Balaban J connectivity index is 0.000000314. The zero-order valence-electron chi connectivity index (χ0n) is 16.3. The van der Waals surface area contributed by atoms with Gasteiger partial charge in [0.2, 0.25) is 0 Å². The predicted molar refractivity (Wildman–Crippen MR) is 113 cm³/mol. The molecule has 0 aromatic heterocycles. The van der Waals surface area contributed by atoms with Crippen molar-refractivity contribution < 1.29 is 14.6 Å². The van der Waals surface area contributed by atoms with Crippen molar-refractivity contribution in [2.75, 3.05) is 0 Å². The number of aromatic hydroxyl groups is 1. The summed E-state index contributed by atoms with van der Waals surface area (Å²) in [6.45, 7) is 9.01. The second-order valence-electron chi connectivity index (χ2n) is 6.46. The van der Waals surface area contributed by atoms with Gasteiger partial charge in [0.15, 0.2) is 0 Å². The van der Waals surface area contributed by atoms with Gasteiger partial charge >= 0.3 is 5.97 Å². The fourth-order valence-electron chi connectivity index (χ4n) is 1.87. The maximum Gasteiger partial charge on any atom is 0.330 e. The zero-order valence-corrected chi connectivity index (χ0v) is 16.3. The summed E-state index contributed by atoms with van der Waals surface area (Å²) in [4.78, 5) is 10.6. The molecule has 0 amide bonds. The highest BCUT2D eigenvalue weighted by atomic mass is 16.6. The fraction of sp³-hybridized carbons (Fsp3) is 0.208. The minimum Gasteiger partial charge on any atom is -0.508 e. The Labute approximate surface area is 162 Å². The van der Waals surface area contributed by atoms with Crippen LogP contribution in [-0.4, -0.2) is 16.7 Å². The van der Waals surface area contributed by atoms with E-state index in [1.807, 2.05) is 69.3 Å². The number of carbonyl (C=O) groups excluding carboxylic acids is 1. The monoisotopic (exact) mass is 364 g/mol. The van der Waals surface area contributed by atoms with Crippen molar-refractivity contribution in [3.8, 4) is 5.75 Å². The van der Waals surface area contributed by atoms with Crippen LogP contribution in [0.25, 0.3) is 12.2 Å². The SMILES string of the molecule is C=CC(=O)OC(C)(C)CC.Oc1ccc(C=CC=Cc2ccccc2)cc1. The summed E-state index contributed by atoms with van der Waals surface area (Å²) >= 11 is 0. The quantitative estimate of drug-likeness (QED) is 0.387. The van der Waals surface area contributed by atoms with Gasteiger partial charge in [-0.2, -0.15) is 0 Å². The molecular weight excluding hydrogens is 336 g/mol. The molecule has 1 N–H and O–H groups in total. The van der Waals surface area contributed by atoms with Gasteiger partial charge in [0.25, 0.3) is 0 Å². The molecule has 0 aliphatic carbocycles. The maximum absolute atomic E-state index is 10.6. The topological polar surface area (TPSA) is 46.5 Å². The molecule has 142 valence electrons. The molecule has 0 spiro atoms. The molecule has 3 heteroatoms. The summed E-state index contributed by atoms with van der Waals surface area (Å²) in [5.74, 6) is -0.0613. The van der Waals surface area contributed by atoms with E-state index in [0.29, 0.717) is 5.75 Å². The third-order valence-electron chi connectivity index (χ3n) is 3.78. The lowest BCUT2D eigenvalue weighted by Crippen LogP contribution is -2.25. The number of phenolic OH excluding ortho intramolecular Hbond substituents is 1. The summed E-state index contributed by atoms with van der Waals surface area (Å²) < 4.78 is 4.98. The summed E-state index contributed by atoms with van der Waals surface area (Å²) in [6.07, 6.45) is 10.0. The fourth-order valence-corrected chi connectivity index (χ4v) is 1.87. The van der Waals surface area contributed by atoms with Crippen molar-refractivity contribution in [1.29, 1.82) is 0 Å². The molecular formula is C24H28O3. The molecule has 0 bridgehead atoms. The van der Waals surface area contributed by atoms with Crippen molar-refractivity contribution in [1.82, 2.24) is 0 Å². The molecule has 27 heavy (non-hydrogen) atoms. The summed E-state index contributed by atoms with van der Waals surface area (Å²) in [5.41, 5.74) is 1.90. The molecule has 0 fully saturated rings. The molecule has 0 atom stereocenters. The van der Waals surface area contributed by atoms with Crippen LogP contribution in [0.3, 0.4) is 0 Å². The Bertz CT molecular complexity index is 754. The Morgan fingerprint density at radius 1 is 1.00 bits per heavy atom. The Morgan fingerprint density at radius 2 is 1.52 bits per heavy atom. The molecule has 0 radical (unpaired) electrons. The van der Waals surface area contributed by atoms with Gasteiger partial charge in [0.1, 0.15) is 11.4 Å². The van der Waals surface area contributed by atoms with E-state index < -0.39 is 0 Å². The van der Waals surface area contributed by atoms with Gasteiger partial charge in [-0.1, -0.05) is 80.3 Å². The molecule has 2 aromatic rings. The van der Waals surface area contributed by atoms with Crippen LogP contribution in [0.15, 0.2) is 79.4 Å². The van der Waals surface area contributed by atoms with Crippen LogP contribution in [0, 0.1) is 0 Å². The van der Waals surface area contributed by atoms with E-state index in [9.17, 15) is 4.79 Å². The zero-order chi connectivity index (χ0) is 20.1. The summed E-state index contributed by atoms with van der Waals surface area (Å²) in [7, 11) is 0. The van der Waals surface area contributed by atoms with Crippen molar-refractivity contribution in [3.63, 3.8) is 0 Å². The Kier molecular flexibility index (Phi) is 9.38. The normalized spacial score (nSPS) is 11.1. The Hall–Kier alpha value is -3.07. The van der Waals surface area contributed by atoms with E-state index in [1.165, 1.54) is 11.6 Å². The maximum atomic E-state index is 10.6. The molecule has 0 aliphatic rings. The van der Waals surface area contributed by atoms with Gasteiger partial charge < -0.3 is 9.84 Å². The first kappa shape index (κ1) is 22.0. The van der Waals surface area contributed by atoms with Crippen LogP contribution >= 0.6 is 0 Å². The van der Waals surface area contributed by atoms with Crippen LogP contribution in [0.1, 0.15) is 38.3 Å². The first-order valence-corrected chi connectivity index (χ1v) is 8.90. The van der Waals surface area contributed by atoms with Crippen molar-refractivity contribution >= 4 is 18.1 Å². The third kappa shape index (κ3) is 9.85. The summed E-state index contributed by atoms with van der Waals surface area (Å²) in [5, 5.41) is 9.14. The van der Waals surface area contributed by atoms with Crippen LogP contribution in [0.2, 0.25) is 0 Å². The molecule has 2 rings (SSSR count). The number of hydrogen-bond donors (Lipinski definition) is 1. The lowest BCUT2D eigenvalue weighted by molar-refractivity contribution is -0.150. The van der Waals surface area contributed by atoms with Gasteiger partial charge in [0, 0.05) is 6.08 Å². The number of allylic oxidation sites excluding steroid dienone is 2. The van der Waals surface area contributed by atoms with Gasteiger partial charge in [-0.15, -0.1) is 0 Å². The Morgan fingerprint density at radius 3 is 2.00 bits per heavy atom. The molecule has 0 unspecified atom stereocenters. The van der Waals surface area contributed by atoms with Crippen molar-refractivity contribution in [2.24, 2.45) is 0 Å². The number of ether oxygens (including phenoxy) is 1. The minimum absolute atomic E-state index is 0.293. The van der Waals surface area contributed by atoms with E-state index in [4.69, 9.17) is 9.84 Å². The third-order valence-corrected chi connectivity index (χ3v) is 3.78. The van der Waals surface area contributed by atoms with E-state index in [2.05, 4.69) is 24.8 Å². The number of rotatable bonds is 6. The summed E-state index contributed by atoms with van der Waals surface area (Å²) in [6, 6.07) is 17.3. The van der Waals surface area contributed by atoms with E-state index in [0.717, 1.165) is 12.0 Å². The van der Waals surface area contributed by atoms with Crippen LogP contribution < -0.4 is 0 Å². The smallest absolute Gasteiger partial charge is 0.330 e. The number of benzene rings is 2. The average molecular weight is 364 g/mol. The predicted octanol–water partition coefficient (Wildman–Crippen LogP) is 6.02. The molecule has 0 saturated carbocycles. The minimum atomic E-state index is -0.356. The van der Waals surface area contributed by atoms with E-state index in [1.54, 1.807) is 12.1 Å². The van der Waals surface area contributed by atoms with Crippen LogP contribution in [0.5, 0.6) is 5.75 Å². The number of phenols is 1. The van der Waals surface area contributed by atoms with Gasteiger partial charge in [-0.3, -0.25) is 0 Å². The largest absolute Gasteiger partial charge is 0.508 e. The molecule has 2 aromatic carbocycles. The van der Waals surface area contributed by atoms with E-state index >= 15 is 0 Å². The number of hydrogen-bond acceptors (Lipinski definition) is 3.